The Morgan fingerprint density at radius 3 is 2.58 bits per heavy atom. The van der Waals surface area contributed by atoms with Crippen LogP contribution in [0.5, 0.6) is 0 Å². The van der Waals surface area contributed by atoms with Crippen molar-refractivity contribution in [2.24, 2.45) is 5.41 Å². The second-order valence-electron chi connectivity index (χ2n) is 5.77. The maximum absolute atomic E-state index is 11.7. The molecule has 1 amide bonds. The number of amides is 1. The molecule has 1 aromatic carbocycles. The molecule has 0 aromatic heterocycles. The number of aliphatic hydroxyl groups is 1. The van der Waals surface area contributed by atoms with E-state index in [-0.39, 0.29) is 17.9 Å². The molecule has 1 aliphatic rings. The molecule has 1 saturated carbocycles. The topological polar surface area (TPSA) is 49.3 Å². The Hall–Kier alpha value is -1.35. The molecule has 3 heteroatoms. The van der Waals surface area contributed by atoms with Crippen LogP contribution in [0.3, 0.4) is 0 Å². The van der Waals surface area contributed by atoms with Crippen molar-refractivity contribution >= 4 is 5.91 Å². The van der Waals surface area contributed by atoms with E-state index in [1.54, 1.807) is 0 Å². The van der Waals surface area contributed by atoms with E-state index in [4.69, 9.17) is 5.11 Å². The maximum Gasteiger partial charge on any atom is 0.220 e. The lowest BCUT2D eigenvalue weighted by molar-refractivity contribution is -0.121. The van der Waals surface area contributed by atoms with Gasteiger partial charge in [0.05, 0.1) is 6.61 Å². The molecule has 2 rings (SSSR count). The van der Waals surface area contributed by atoms with Crippen LogP contribution < -0.4 is 5.32 Å². The summed E-state index contributed by atoms with van der Waals surface area (Å²) >= 11 is 0. The number of aryl methyl sites for hydroxylation is 2. The van der Waals surface area contributed by atoms with E-state index >= 15 is 0 Å². The van der Waals surface area contributed by atoms with Gasteiger partial charge in [-0.2, -0.15) is 0 Å². The van der Waals surface area contributed by atoms with Gasteiger partial charge in [0.2, 0.25) is 5.91 Å². The Kier molecular flexibility index (Phi) is 4.59. The van der Waals surface area contributed by atoms with Gasteiger partial charge in [-0.25, -0.2) is 0 Å². The predicted molar refractivity (Wildman–Crippen MR) is 75.9 cm³/mol. The Morgan fingerprint density at radius 2 is 2.00 bits per heavy atom. The van der Waals surface area contributed by atoms with E-state index in [0.717, 1.165) is 25.7 Å². The Bertz CT molecular complexity index is 421. The molecular formula is C16H23NO2. The molecule has 0 aliphatic heterocycles. The molecular weight excluding hydrogens is 238 g/mol. The first-order chi connectivity index (χ1) is 9.13. The first-order valence-corrected chi connectivity index (χ1v) is 7.07. The van der Waals surface area contributed by atoms with Gasteiger partial charge in [0.25, 0.3) is 0 Å². The minimum atomic E-state index is 0.00656. The molecule has 0 bridgehead atoms. The minimum absolute atomic E-state index is 0.00656. The van der Waals surface area contributed by atoms with Crippen molar-refractivity contribution in [1.29, 1.82) is 0 Å². The fourth-order valence-corrected chi connectivity index (χ4v) is 2.15. The van der Waals surface area contributed by atoms with Crippen LogP contribution in [0.25, 0.3) is 0 Å². The predicted octanol–water partition coefficient (Wildman–Crippen LogP) is 2.21. The highest BCUT2D eigenvalue weighted by molar-refractivity contribution is 5.75. The summed E-state index contributed by atoms with van der Waals surface area (Å²) in [5.74, 6) is 0.104. The van der Waals surface area contributed by atoms with E-state index in [2.05, 4.69) is 36.5 Å². The number of carbonyl (C=O) groups is 1. The Morgan fingerprint density at radius 1 is 1.32 bits per heavy atom. The van der Waals surface area contributed by atoms with Crippen LogP contribution in [-0.2, 0) is 11.2 Å². The molecule has 0 heterocycles. The first-order valence-electron chi connectivity index (χ1n) is 7.07. The molecule has 0 saturated heterocycles. The average molecular weight is 261 g/mol. The molecule has 3 nitrogen and oxygen atoms in total. The maximum atomic E-state index is 11.7. The van der Waals surface area contributed by atoms with E-state index in [1.807, 2.05) is 0 Å². The van der Waals surface area contributed by atoms with Crippen molar-refractivity contribution in [3.63, 3.8) is 0 Å². The number of hydrogen-bond donors (Lipinski definition) is 2. The zero-order valence-electron chi connectivity index (χ0n) is 11.6. The van der Waals surface area contributed by atoms with Crippen molar-refractivity contribution in [3.05, 3.63) is 35.4 Å². The van der Waals surface area contributed by atoms with Crippen LogP contribution >= 0.6 is 0 Å². The molecule has 1 aromatic rings. The smallest absolute Gasteiger partial charge is 0.220 e. The molecule has 1 aliphatic carbocycles. The molecule has 0 atom stereocenters. The van der Waals surface area contributed by atoms with Crippen LogP contribution in [-0.4, -0.2) is 24.2 Å². The molecule has 1 fully saturated rings. The molecule has 19 heavy (non-hydrogen) atoms. The lowest BCUT2D eigenvalue weighted by atomic mass is 10.1. The van der Waals surface area contributed by atoms with Gasteiger partial charge < -0.3 is 10.4 Å². The van der Waals surface area contributed by atoms with Gasteiger partial charge in [-0.15, -0.1) is 0 Å². The summed E-state index contributed by atoms with van der Waals surface area (Å²) in [5, 5.41) is 12.1. The van der Waals surface area contributed by atoms with Crippen LogP contribution in [0.15, 0.2) is 24.3 Å². The third-order valence-electron chi connectivity index (χ3n) is 3.94. The lowest BCUT2D eigenvalue weighted by Gasteiger charge is -2.12. The van der Waals surface area contributed by atoms with Gasteiger partial charge in [0, 0.05) is 18.4 Å². The van der Waals surface area contributed by atoms with Crippen molar-refractivity contribution in [2.45, 2.75) is 39.0 Å². The molecule has 2 N–H and O–H groups in total. The van der Waals surface area contributed by atoms with E-state index in [0.29, 0.717) is 13.0 Å². The molecule has 0 spiro atoms. The van der Waals surface area contributed by atoms with E-state index < -0.39 is 0 Å². The molecule has 0 radical (unpaired) electrons. The van der Waals surface area contributed by atoms with Crippen LogP contribution in [0.4, 0.5) is 0 Å². The first kappa shape index (κ1) is 14.1. The SMILES string of the molecule is Cc1ccc(CCCC(=O)NCC2(CO)CC2)cc1. The number of rotatable bonds is 7. The highest BCUT2D eigenvalue weighted by Gasteiger charge is 2.41. The van der Waals surface area contributed by atoms with Gasteiger partial charge in [0.1, 0.15) is 0 Å². The van der Waals surface area contributed by atoms with Crippen molar-refractivity contribution in [2.75, 3.05) is 13.2 Å². The van der Waals surface area contributed by atoms with E-state index in [9.17, 15) is 4.79 Å². The summed E-state index contributed by atoms with van der Waals surface area (Å²) in [6, 6.07) is 8.46. The third kappa shape index (κ3) is 4.35. The van der Waals surface area contributed by atoms with Crippen LogP contribution in [0.2, 0.25) is 0 Å². The van der Waals surface area contributed by atoms with Gasteiger partial charge in [0.15, 0.2) is 0 Å². The van der Waals surface area contributed by atoms with Crippen molar-refractivity contribution in [1.82, 2.24) is 5.32 Å². The molecule has 0 unspecified atom stereocenters. The summed E-state index contributed by atoms with van der Waals surface area (Å²) in [4.78, 5) is 11.7. The highest BCUT2D eigenvalue weighted by atomic mass is 16.3. The van der Waals surface area contributed by atoms with Gasteiger partial charge in [-0.3, -0.25) is 4.79 Å². The zero-order chi connectivity index (χ0) is 13.7. The standard InChI is InChI=1S/C16H23NO2/c1-13-5-7-14(8-6-13)3-2-4-15(19)17-11-16(12-18)9-10-16/h5-8,18H,2-4,9-12H2,1H3,(H,17,19). The Balaban J connectivity index is 1.62. The summed E-state index contributed by atoms with van der Waals surface area (Å²) in [6.07, 6.45) is 4.45. The zero-order valence-corrected chi connectivity index (χ0v) is 11.6. The quantitative estimate of drug-likeness (QED) is 0.790. The number of hydrogen-bond acceptors (Lipinski definition) is 2. The lowest BCUT2D eigenvalue weighted by Crippen LogP contribution is -2.31. The number of nitrogens with one attached hydrogen (secondary N) is 1. The van der Waals surface area contributed by atoms with Crippen molar-refractivity contribution < 1.29 is 9.90 Å². The fraction of sp³-hybridized carbons (Fsp3) is 0.562. The second-order valence-corrected chi connectivity index (χ2v) is 5.77. The minimum Gasteiger partial charge on any atom is -0.396 e. The fourth-order valence-electron chi connectivity index (χ4n) is 2.15. The van der Waals surface area contributed by atoms with Gasteiger partial charge >= 0.3 is 0 Å². The highest BCUT2D eigenvalue weighted by Crippen LogP contribution is 2.44. The summed E-state index contributed by atoms with van der Waals surface area (Å²) < 4.78 is 0. The van der Waals surface area contributed by atoms with Crippen LogP contribution in [0.1, 0.15) is 36.8 Å². The number of aliphatic hydroxyl groups excluding tert-OH is 1. The Labute approximate surface area is 115 Å². The van der Waals surface area contributed by atoms with E-state index in [1.165, 1.54) is 11.1 Å². The van der Waals surface area contributed by atoms with Crippen molar-refractivity contribution in [3.8, 4) is 0 Å². The summed E-state index contributed by atoms with van der Waals surface area (Å²) in [5.41, 5.74) is 2.56. The number of benzene rings is 1. The average Bonchev–Trinajstić information content (AvgIpc) is 3.19. The van der Waals surface area contributed by atoms with Crippen LogP contribution in [0, 0.1) is 12.3 Å². The second kappa shape index (κ2) is 6.20. The van der Waals surface area contributed by atoms with Gasteiger partial charge in [-0.05, 0) is 38.2 Å². The van der Waals surface area contributed by atoms with Gasteiger partial charge in [-0.1, -0.05) is 29.8 Å². The summed E-state index contributed by atoms with van der Waals surface area (Å²) in [7, 11) is 0. The summed E-state index contributed by atoms with van der Waals surface area (Å²) in [6.45, 7) is 2.90. The monoisotopic (exact) mass is 261 g/mol. The normalized spacial score (nSPS) is 16.1. The number of carbonyl (C=O) groups excluding carboxylic acids is 1. The molecule has 104 valence electrons. The third-order valence-corrected chi connectivity index (χ3v) is 3.94. The largest absolute Gasteiger partial charge is 0.396 e.